The maximum atomic E-state index is 13.1. The topological polar surface area (TPSA) is 108 Å². The summed E-state index contributed by atoms with van der Waals surface area (Å²) in [7, 11) is 1.34. The number of hydrogen-bond acceptors (Lipinski definition) is 5. The minimum absolute atomic E-state index is 0.118. The van der Waals surface area contributed by atoms with E-state index in [2.05, 4.69) is 15.2 Å². The fraction of sp³-hybridized carbons (Fsp3) is 0.182. The smallest absolute Gasteiger partial charge is 0.337 e. The van der Waals surface area contributed by atoms with Gasteiger partial charge in [-0.25, -0.2) is 4.79 Å². The number of nitrogens with zero attached hydrogens (tertiary/aromatic N) is 2. The molecule has 1 aliphatic rings. The maximum absolute atomic E-state index is 13.1. The number of carbonyl (C=O) groups excluding carboxylic acids is 2. The van der Waals surface area contributed by atoms with E-state index in [1.807, 2.05) is 6.07 Å². The number of para-hydroxylation sites is 1. The number of amides is 1. The van der Waals surface area contributed by atoms with E-state index in [0.717, 1.165) is 22.2 Å². The molecule has 1 amide bonds. The molecule has 8 nitrogen and oxygen atoms in total. The van der Waals surface area contributed by atoms with Crippen LogP contribution < -0.4 is 5.43 Å². The van der Waals surface area contributed by atoms with Crippen LogP contribution in [-0.2, 0) is 17.7 Å². The van der Waals surface area contributed by atoms with E-state index in [4.69, 9.17) is 4.74 Å². The number of H-pyrrole nitrogens is 2. The van der Waals surface area contributed by atoms with E-state index in [0.29, 0.717) is 36.0 Å². The highest BCUT2D eigenvalue weighted by molar-refractivity contribution is 5.98. The van der Waals surface area contributed by atoms with Crippen LogP contribution in [0.5, 0.6) is 0 Å². The highest BCUT2D eigenvalue weighted by Crippen LogP contribution is 2.29. The molecule has 3 heterocycles. The average molecular weight is 402 g/mol. The molecule has 0 saturated carbocycles. The van der Waals surface area contributed by atoms with Crippen LogP contribution in [0.3, 0.4) is 0 Å². The van der Waals surface area contributed by atoms with Crippen LogP contribution in [0.2, 0.25) is 0 Å². The van der Waals surface area contributed by atoms with Gasteiger partial charge in [-0.05, 0) is 30.3 Å². The molecule has 1 aliphatic heterocycles. The lowest BCUT2D eigenvalue weighted by molar-refractivity contribution is 0.0600. The summed E-state index contributed by atoms with van der Waals surface area (Å²) in [5.41, 5.74) is 3.39. The van der Waals surface area contributed by atoms with E-state index in [-0.39, 0.29) is 11.1 Å². The average Bonchev–Trinajstić information content (AvgIpc) is 3.15. The molecule has 8 heteroatoms. The van der Waals surface area contributed by atoms with Gasteiger partial charge in [-0.1, -0.05) is 12.1 Å². The maximum Gasteiger partial charge on any atom is 0.337 e. The Labute approximate surface area is 170 Å². The van der Waals surface area contributed by atoms with E-state index < -0.39 is 11.9 Å². The van der Waals surface area contributed by atoms with E-state index in [9.17, 15) is 14.4 Å². The van der Waals surface area contributed by atoms with Gasteiger partial charge in [0.05, 0.1) is 18.2 Å². The SMILES string of the molecule is COC(=O)c1ccc2[nH]c3c(c2c1)CN(C(=O)c1n[nH]c2ccccc2c1=O)CC3. The third-order valence-corrected chi connectivity index (χ3v) is 5.56. The van der Waals surface area contributed by atoms with E-state index in [1.165, 1.54) is 7.11 Å². The molecule has 2 aromatic carbocycles. The zero-order chi connectivity index (χ0) is 20.8. The summed E-state index contributed by atoms with van der Waals surface area (Å²) in [6, 6.07) is 12.3. The van der Waals surface area contributed by atoms with Crippen LogP contribution >= 0.6 is 0 Å². The van der Waals surface area contributed by atoms with Crippen molar-refractivity contribution < 1.29 is 14.3 Å². The first kappa shape index (κ1) is 18.1. The molecule has 150 valence electrons. The van der Waals surface area contributed by atoms with Gasteiger partial charge in [0.1, 0.15) is 0 Å². The fourth-order valence-electron chi connectivity index (χ4n) is 4.00. The number of aromatic amines is 2. The van der Waals surface area contributed by atoms with Crippen LogP contribution in [0.15, 0.2) is 47.3 Å². The number of rotatable bonds is 2. The first-order chi connectivity index (χ1) is 14.6. The number of benzene rings is 2. The van der Waals surface area contributed by atoms with Gasteiger partial charge in [0, 0.05) is 47.1 Å². The Kier molecular flexibility index (Phi) is 4.13. The summed E-state index contributed by atoms with van der Waals surface area (Å²) in [5.74, 6) is -0.825. The minimum Gasteiger partial charge on any atom is -0.465 e. The summed E-state index contributed by atoms with van der Waals surface area (Å²) in [5, 5.41) is 8.13. The molecular formula is C22H18N4O4. The van der Waals surface area contributed by atoms with Crippen molar-refractivity contribution in [1.82, 2.24) is 20.1 Å². The van der Waals surface area contributed by atoms with Gasteiger partial charge in [-0.3, -0.25) is 14.7 Å². The van der Waals surface area contributed by atoms with Crippen LogP contribution in [0.25, 0.3) is 21.8 Å². The Hall–Kier alpha value is -3.94. The molecule has 0 spiro atoms. The Morgan fingerprint density at radius 1 is 1.10 bits per heavy atom. The quantitative estimate of drug-likeness (QED) is 0.501. The molecule has 0 bridgehead atoms. The molecule has 0 unspecified atom stereocenters. The molecule has 0 aliphatic carbocycles. The zero-order valence-electron chi connectivity index (χ0n) is 16.2. The van der Waals surface area contributed by atoms with Crippen molar-refractivity contribution in [3.05, 3.63) is 75.2 Å². The number of aromatic nitrogens is 3. The molecule has 0 saturated heterocycles. The van der Waals surface area contributed by atoms with Gasteiger partial charge in [-0.15, -0.1) is 0 Å². The second-order valence-corrected chi connectivity index (χ2v) is 7.26. The Morgan fingerprint density at radius 2 is 1.93 bits per heavy atom. The van der Waals surface area contributed by atoms with Crippen molar-refractivity contribution >= 4 is 33.7 Å². The minimum atomic E-state index is -0.414. The van der Waals surface area contributed by atoms with Crippen molar-refractivity contribution in [2.45, 2.75) is 13.0 Å². The monoisotopic (exact) mass is 402 g/mol. The van der Waals surface area contributed by atoms with Crippen molar-refractivity contribution in [2.24, 2.45) is 0 Å². The van der Waals surface area contributed by atoms with Crippen molar-refractivity contribution in [3.8, 4) is 0 Å². The summed E-state index contributed by atoms with van der Waals surface area (Å²) >= 11 is 0. The van der Waals surface area contributed by atoms with Crippen LogP contribution in [0.1, 0.15) is 32.1 Å². The van der Waals surface area contributed by atoms with Gasteiger partial charge in [0.25, 0.3) is 5.91 Å². The number of methoxy groups -OCH3 is 1. The van der Waals surface area contributed by atoms with Gasteiger partial charge in [0.2, 0.25) is 5.43 Å². The van der Waals surface area contributed by atoms with Crippen molar-refractivity contribution in [3.63, 3.8) is 0 Å². The lowest BCUT2D eigenvalue weighted by atomic mass is 10.0. The molecule has 2 aromatic heterocycles. The molecular weight excluding hydrogens is 384 g/mol. The fourth-order valence-corrected chi connectivity index (χ4v) is 4.00. The van der Waals surface area contributed by atoms with E-state index >= 15 is 0 Å². The van der Waals surface area contributed by atoms with Crippen LogP contribution in [0, 0.1) is 0 Å². The lowest BCUT2D eigenvalue weighted by Gasteiger charge is -2.26. The summed E-state index contributed by atoms with van der Waals surface area (Å²) in [6.45, 7) is 0.795. The first-order valence-electron chi connectivity index (χ1n) is 9.55. The van der Waals surface area contributed by atoms with Gasteiger partial charge in [0.15, 0.2) is 5.69 Å². The second kappa shape index (κ2) is 6.84. The third kappa shape index (κ3) is 2.76. The standard InChI is InChI=1S/C22H18N4O4/c1-30-22(29)12-6-7-16-14(10-12)15-11-26(9-8-17(15)23-16)21(28)19-20(27)13-4-2-3-5-18(13)24-25-19/h2-7,10,23H,8-9,11H2,1H3,(H,24,27). The van der Waals surface area contributed by atoms with Crippen molar-refractivity contribution in [1.29, 1.82) is 0 Å². The Morgan fingerprint density at radius 3 is 2.77 bits per heavy atom. The Bertz CT molecular complexity index is 1390. The number of fused-ring (bicyclic) bond motifs is 4. The zero-order valence-corrected chi connectivity index (χ0v) is 16.2. The van der Waals surface area contributed by atoms with Crippen LogP contribution in [-0.4, -0.2) is 45.6 Å². The van der Waals surface area contributed by atoms with Crippen molar-refractivity contribution in [2.75, 3.05) is 13.7 Å². The van der Waals surface area contributed by atoms with Gasteiger partial charge in [-0.2, -0.15) is 5.10 Å². The Balaban J connectivity index is 1.52. The molecule has 0 atom stereocenters. The second-order valence-electron chi connectivity index (χ2n) is 7.26. The lowest BCUT2D eigenvalue weighted by Crippen LogP contribution is -2.39. The molecule has 30 heavy (non-hydrogen) atoms. The largest absolute Gasteiger partial charge is 0.465 e. The normalized spacial score (nSPS) is 13.4. The number of ether oxygens (including phenoxy) is 1. The molecule has 4 aromatic rings. The molecule has 0 fully saturated rings. The van der Waals surface area contributed by atoms with Gasteiger partial charge >= 0.3 is 5.97 Å². The number of carbonyl (C=O) groups is 2. The number of nitrogens with one attached hydrogen (secondary N) is 2. The van der Waals surface area contributed by atoms with Gasteiger partial charge < -0.3 is 14.6 Å². The number of hydrogen-bond donors (Lipinski definition) is 2. The molecule has 5 rings (SSSR count). The first-order valence-corrected chi connectivity index (χ1v) is 9.55. The summed E-state index contributed by atoms with van der Waals surface area (Å²) in [6.07, 6.45) is 0.620. The molecule has 2 N–H and O–H groups in total. The molecule has 0 radical (unpaired) electrons. The highest BCUT2D eigenvalue weighted by atomic mass is 16.5. The predicted molar refractivity (Wildman–Crippen MR) is 110 cm³/mol. The number of esters is 1. The third-order valence-electron chi connectivity index (χ3n) is 5.56. The predicted octanol–water partition coefficient (Wildman–Crippen LogP) is 2.39. The summed E-state index contributed by atoms with van der Waals surface area (Å²) < 4.78 is 4.81. The van der Waals surface area contributed by atoms with E-state index in [1.54, 1.807) is 41.3 Å². The van der Waals surface area contributed by atoms with Crippen LogP contribution in [0.4, 0.5) is 0 Å². The summed E-state index contributed by atoms with van der Waals surface area (Å²) in [4.78, 5) is 42.8. The highest BCUT2D eigenvalue weighted by Gasteiger charge is 2.28.